The molecule has 1 amide bonds. The summed E-state index contributed by atoms with van der Waals surface area (Å²) in [6, 6.07) is 10.0. The quantitative estimate of drug-likeness (QED) is 0.869. The van der Waals surface area contributed by atoms with E-state index in [2.05, 4.69) is 5.32 Å². The van der Waals surface area contributed by atoms with E-state index >= 15 is 0 Å². The number of carbonyl (C=O) groups excluding carboxylic acids is 2. The molecule has 2 atom stereocenters. The maximum Gasteiger partial charge on any atom is 0.313 e. The second-order valence-corrected chi connectivity index (χ2v) is 7.17. The van der Waals surface area contributed by atoms with Crippen LogP contribution < -0.4 is 5.32 Å². The van der Waals surface area contributed by atoms with E-state index in [1.54, 1.807) is 0 Å². The van der Waals surface area contributed by atoms with Gasteiger partial charge in [-0.25, -0.2) is 0 Å². The van der Waals surface area contributed by atoms with Crippen LogP contribution in [0.2, 0.25) is 0 Å². The van der Waals surface area contributed by atoms with Crippen molar-refractivity contribution in [2.45, 2.75) is 45.6 Å². The van der Waals surface area contributed by atoms with Crippen LogP contribution in [0.15, 0.2) is 30.3 Å². The molecule has 1 heterocycles. The summed E-state index contributed by atoms with van der Waals surface area (Å²) in [7, 11) is 0. The van der Waals surface area contributed by atoms with Gasteiger partial charge in [-0.3, -0.25) is 9.59 Å². The van der Waals surface area contributed by atoms with E-state index in [1.807, 2.05) is 51.1 Å². The van der Waals surface area contributed by atoms with Crippen molar-refractivity contribution >= 4 is 11.9 Å². The number of esters is 1. The fourth-order valence-corrected chi connectivity index (χ4v) is 3.85. The lowest BCUT2D eigenvalue weighted by Crippen LogP contribution is -2.53. The van der Waals surface area contributed by atoms with Crippen molar-refractivity contribution < 1.29 is 14.3 Å². The maximum absolute atomic E-state index is 12.7. The molecule has 1 aromatic rings. The van der Waals surface area contributed by atoms with Crippen LogP contribution in [0, 0.1) is 10.8 Å². The number of hydrogen-bond acceptors (Lipinski definition) is 3. The predicted molar refractivity (Wildman–Crippen MR) is 83.1 cm³/mol. The molecule has 3 rings (SSSR count). The monoisotopic (exact) mass is 301 g/mol. The molecule has 0 radical (unpaired) electrons. The Morgan fingerprint density at radius 3 is 2.41 bits per heavy atom. The van der Waals surface area contributed by atoms with Gasteiger partial charge in [0.1, 0.15) is 0 Å². The van der Waals surface area contributed by atoms with E-state index in [-0.39, 0.29) is 11.9 Å². The molecule has 1 aliphatic carbocycles. The van der Waals surface area contributed by atoms with Gasteiger partial charge in [0.15, 0.2) is 5.60 Å². The zero-order chi connectivity index (χ0) is 16.0. The Morgan fingerprint density at radius 1 is 1.18 bits per heavy atom. The first-order chi connectivity index (χ1) is 10.3. The molecule has 1 saturated heterocycles. The smallest absolute Gasteiger partial charge is 0.313 e. The van der Waals surface area contributed by atoms with Crippen LogP contribution in [0.25, 0.3) is 0 Å². The highest BCUT2D eigenvalue weighted by atomic mass is 16.6. The van der Waals surface area contributed by atoms with E-state index in [4.69, 9.17) is 4.74 Å². The van der Waals surface area contributed by atoms with Crippen LogP contribution in [0.5, 0.6) is 0 Å². The van der Waals surface area contributed by atoms with Crippen molar-refractivity contribution in [2.75, 3.05) is 6.54 Å². The van der Waals surface area contributed by atoms with Gasteiger partial charge in [-0.05, 0) is 31.7 Å². The SMILES string of the molecule is CC1(C)[C@]2(C)CC[C@]1(C(=O)NCCc1ccccc1)OC2=O. The summed E-state index contributed by atoms with van der Waals surface area (Å²) in [6.45, 7) is 6.42. The van der Waals surface area contributed by atoms with Gasteiger partial charge >= 0.3 is 5.97 Å². The zero-order valence-corrected chi connectivity index (χ0v) is 13.4. The third-order valence-electron chi connectivity index (χ3n) is 5.99. The first-order valence-electron chi connectivity index (χ1n) is 7.89. The molecule has 0 unspecified atom stereocenters. The largest absolute Gasteiger partial charge is 0.448 e. The highest BCUT2D eigenvalue weighted by molar-refractivity contribution is 5.96. The van der Waals surface area contributed by atoms with Crippen LogP contribution >= 0.6 is 0 Å². The Bertz CT molecular complexity index is 610. The second-order valence-electron chi connectivity index (χ2n) is 7.17. The summed E-state index contributed by atoms with van der Waals surface area (Å²) < 4.78 is 5.58. The number of hydrogen-bond donors (Lipinski definition) is 1. The van der Waals surface area contributed by atoms with E-state index < -0.39 is 16.4 Å². The lowest BCUT2D eigenvalue weighted by molar-refractivity contribution is -0.168. The second kappa shape index (κ2) is 4.83. The summed E-state index contributed by atoms with van der Waals surface area (Å²) in [4.78, 5) is 24.9. The fourth-order valence-electron chi connectivity index (χ4n) is 3.85. The van der Waals surface area contributed by atoms with Crippen molar-refractivity contribution in [3.8, 4) is 0 Å². The molecular formula is C18H23NO3. The van der Waals surface area contributed by atoms with Gasteiger partial charge in [0.05, 0.1) is 5.41 Å². The minimum Gasteiger partial charge on any atom is -0.448 e. The standard InChI is InChI=1S/C18H23NO3/c1-16(2)17(3)10-11-18(16,22-15(17)21)14(20)19-12-9-13-7-5-4-6-8-13/h4-8H,9-12H2,1-3H3,(H,19,20)/t17-,18-/m1/s1. The fraction of sp³-hybridized carbons (Fsp3) is 0.556. The Hall–Kier alpha value is -1.84. The molecular weight excluding hydrogens is 278 g/mol. The van der Waals surface area contributed by atoms with E-state index in [0.29, 0.717) is 19.4 Å². The van der Waals surface area contributed by atoms with Crippen molar-refractivity contribution in [1.82, 2.24) is 5.32 Å². The van der Waals surface area contributed by atoms with E-state index in [9.17, 15) is 9.59 Å². The van der Waals surface area contributed by atoms with Gasteiger partial charge in [-0.1, -0.05) is 44.2 Å². The number of carbonyl (C=O) groups is 2. The summed E-state index contributed by atoms with van der Waals surface area (Å²) >= 11 is 0. The maximum atomic E-state index is 12.7. The summed E-state index contributed by atoms with van der Waals surface area (Å²) in [6.07, 6.45) is 2.10. The molecule has 1 aromatic carbocycles. The first kappa shape index (κ1) is 15.1. The average molecular weight is 301 g/mol. The van der Waals surface area contributed by atoms with Crippen LogP contribution in [0.3, 0.4) is 0 Å². The first-order valence-corrected chi connectivity index (χ1v) is 7.89. The molecule has 1 aliphatic heterocycles. The number of amides is 1. The molecule has 0 spiro atoms. The van der Waals surface area contributed by atoms with E-state index in [1.165, 1.54) is 5.56 Å². The Balaban J connectivity index is 1.69. The minimum absolute atomic E-state index is 0.150. The van der Waals surface area contributed by atoms with Gasteiger partial charge in [-0.15, -0.1) is 0 Å². The molecule has 4 nitrogen and oxygen atoms in total. The van der Waals surface area contributed by atoms with Crippen LogP contribution in [0.1, 0.15) is 39.2 Å². The summed E-state index contributed by atoms with van der Waals surface area (Å²) in [5.74, 6) is -0.384. The number of fused-ring (bicyclic) bond motifs is 2. The Labute approximate surface area is 131 Å². The number of rotatable bonds is 4. The molecule has 118 valence electrons. The predicted octanol–water partition coefficient (Wildman–Crippen LogP) is 2.47. The number of benzene rings is 1. The van der Waals surface area contributed by atoms with E-state index in [0.717, 1.165) is 6.42 Å². The summed E-state index contributed by atoms with van der Waals surface area (Å²) in [5.41, 5.74) is -0.855. The highest BCUT2D eigenvalue weighted by Crippen LogP contribution is 2.65. The molecule has 1 saturated carbocycles. The minimum atomic E-state index is -1.00. The number of nitrogens with one attached hydrogen (secondary N) is 1. The lowest BCUT2D eigenvalue weighted by Gasteiger charge is -2.35. The Kier molecular flexibility index (Phi) is 3.31. The van der Waals surface area contributed by atoms with Gasteiger partial charge in [0.2, 0.25) is 0 Å². The Morgan fingerprint density at radius 2 is 1.86 bits per heavy atom. The normalized spacial score (nSPS) is 31.9. The number of ether oxygens (including phenoxy) is 1. The third-order valence-corrected chi connectivity index (χ3v) is 5.99. The molecule has 2 fully saturated rings. The molecule has 1 N–H and O–H groups in total. The van der Waals surface area contributed by atoms with Gasteiger partial charge < -0.3 is 10.1 Å². The topological polar surface area (TPSA) is 55.4 Å². The molecule has 4 heteroatoms. The van der Waals surface area contributed by atoms with Gasteiger partial charge in [0.25, 0.3) is 5.91 Å². The van der Waals surface area contributed by atoms with Crippen LogP contribution in [0.4, 0.5) is 0 Å². The molecule has 22 heavy (non-hydrogen) atoms. The van der Waals surface area contributed by atoms with Crippen LogP contribution in [-0.4, -0.2) is 24.0 Å². The highest BCUT2D eigenvalue weighted by Gasteiger charge is 2.75. The average Bonchev–Trinajstić information content (AvgIpc) is 2.78. The third kappa shape index (κ3) is 1.82. The lowest BCUT2D eigenvalue weighted by atomic mass is 9.66. The van der Waals surface area contributed by atoms with Crippen molar-refractivity contribution in [2.24, 2.45) is 10.8 Å². The molecule has 2 bridgehead atoms. The van der Waals surface area contributed by atoms with Crippen LogP contribution in [-0.2, 0) is 20.7 Å². The van der Waals surface area contributed by atoms with Gasteiger partial charge in [-0.2, -0.15) is 0 Å². The summed E-state index contributed by atoms with van der Waals surface area (Å²) in [5, 5.41) is 2.97. The molecule has 2 aliphatic rings. The van der Waals surface area contributed by atoms with Crippen molar-refractivity contribution in [3.63, 3.8) is 0 Å². The van der Waals surface area contributed by atoms with Crippen molar-refractivity contribution in [3.05, 3.63) is 35.9 Å². The van der Waals surface area contributed by atoms with Crippen molar-refractivity contribution in [1.29, 1.82) is 0 Å². The van der Waals surface area contributed by atoms with Gasteiger partial charge in [0, 0.05) is 12.0 Å². The zero-order valence-electron chi connectivity index (χ0n) is 13.4. The molecule has 0 aromatic heterocycles.